The lowest BCUT2D eigenvalue weighted by atomic mass is 9.97. The first-order valence-electron chi connectivity index (χ1n) is 10.4. The third-order valence-corrected chi connectivity index (χ3v) is 6.03. The molecule has 15 nitrogen and oxygen atoms in total. The summed E-state index contributed by atoms with van der Waals surface area (Å²) in [4.78, 5) is 0. The van der Waals surface area contributed by atoms with Crippen molar-refractivity contribution >= 4 is 0 Å². The maximum Gasteiger partial charge on any atom is 0.187 e. The van der Waals surface area contributed by atoms with Gasteiger partial charge in [0.05, 0.1) is 19.3 Å². The van der Waals surface area contributed by atoms with Crippen LogP contribution in [0, 0.1) is 0 Å². The molecule has 0 aromatic heterocycles. The molecule has 194 valence electrons. The minimum atomic E-state index is -1.79. The van der Waals surface area contributed by atoms with Gasteiger partial charge in [-0.3, -0.25) is 0 Å². The Kier molecular flexibility index (Phi) is 8.99. The highest BCUT2D eigenvalue weighted by Crippen LogP contribution is 2.29. The summed E-state index contributed by atoms with van der Waals surface area (Å²) in [6.07, 6.45) is -23.3. The van der Waals surface area contributed by atoms with Crippen LogP contribution in [0.15, 0.2) is 0 Å². The second kappa shape index (κ2) is 11.0. The van der Waals surface area contributed by atoms with E-state index in [1.807, 2.05) is 0 Å². The summed E-state index contributed by atoms with van der Waals surface area (Å²) in [7, 11) is 0. The smallest absolute Gasteiger partial charge is 0.187 e. The molecule has 1 unspecified atom stereocenters. The molecule has 3 aliphatic rings. The van der Waals surface area contributed by atoms with Gasteiger partial charge in [-0.2, -0.15) is 0 Å². The highest BCUT2D eigenvalue weighted by atomic mass is 16.7. The number of hydrogen-bond donors (Lipinski definition) is 10. The zero-order valence-corrected chi connectivity index (χ0v) is 17.6. The third-order valence-electron chi connectivity index (χ3n) is 6.03. The van der Waals surface area contributed by atoms with Crippen LogP contribution < -0.4 is 0 Å². The first-order chi connectivity index (χ1) is 15.5. The van der Waals surface area contributed by atoms with Gasteiger partial charge in [-0.1, -0.05) is 0 Å². The zero-order chi connectivity index (χ0) is 24.6. The van der Waals surface area contributed by atoms with E-state index < -0.39 is 105 Å². The standard InChI is InChI=1S/C18H32O15/c1-4-15(11(24)12(25)16(28)30-4)33-18-14(27)10(23)8(21)6(32-18)3-29-17-13(26)9(22)7(20)5(2-19)31-17/h4-28H,2-3H2,1H3/t4-,5+,6+,7+,8+,9-,10-,11-,12+,13+,14+,15-,16+,17?,18-/m0/s1. The van der Waals surface area contributed by atoms with Crippen molar-refractivity contribution in [1.29, 1.82) is 0 Å². The molecule has 0 bridgehead atoms. The van der Waals surface area contributed by atoms with E-state index >= 15 is 0 Å². The van der Waals surface area contributed by atoms with Crippen molar-refractivity contribution in [3.05, 3.63) is 0 Å². The van der Waals surface area contributed by atoms with Crippen LogP contribution >= 0.6 is 0 Å². The summed E-state index contributed by atoms with van der Waals surface area (Å²) in [5.41, 5.74) is 0. The van der Waals surface area contributed by atoms with Crippen LogP contribution in [0.5, 0.6) is 0 Å². The van der Waals surface area contributed by atoms with Crippen LogP contribution in [0.4, 0.5) is 0 Å². The van der Waals surface area contributed by atoms with Gasteiger partial charge in [0.2, 0.25) is 0 Å². The third kappa shape index (κ3) is 5.48. The van der Waals surface area contributed by atoms with Crippen molar-refractivity contribution in [2.45, 2.75) is 99.0 Å². The fourth-order valence-corrected chi connectivity index (χ4v) is 3.93. The predicted molar refractivity (Wildman–Crippen MR) is 99.8 cm³/mol. The maximum atomic E-state index is 10.2. The number of rotatable bonds is 6. The molecule has 10 N–H and O–H groups in total. The van der Waals surface area contributed by atoms with Gasteiger partial charge in [-0.05, 0) is 6.92 Å². The molecule has 0 aromatic rings. The second-order valence-corrected chi connectivity index (χ2v) is 8.36. The Balaban J connectivity index is 1.64. The number of ether oxygens (including phenoxy) is 5. The first-order valence-corrected chi connectivity index (χ1v) is 10.4. The van der Waals surface area contributed by atoms with E-state index in [0.29, 0.717) is 0 Å². The Morgan fingerprint density at radius 1 is 0.606 bits per heavy atom. The molecule has 0 spiro atoms. The molecule has 15 atom stereocenters. The molecule has 33 heavy (non-hydrogen) atoms. The molecule has 0 aromatic carbocycles. The molecule has 3 rings (SSSR count). The van der Waals surface area contributed by atoms with Gasteiger partial charge in [-0.15, -0.1) is 0 Å². The quantitative estimate of drug-likeness (QED) is 0.167. The van der Waals surface area contributed by atoms with Gasteiger partial charge in [0.25, 0.3) is 0 Å². The first kappa shape index (κ1) is 27.0. The monoisotopic (exact) mass is 488 g/mol. The van der Waals surface area contributed by atoms with Crippen LogP contribution in [0.1, 0.15) is 6.92 Å². The van der Waals surface area contributed by atoms with Gasteiger partial charge in [0.15, 0.2) is 18.9 Å². The molecule has 0 aliphatic carbocycles. The normalized spacial score (nSPS) is 53.7. The van der Waals surface area contributed by atoms with Crippen LogP contribution in [-0.2, 0) is 23.7 Å². The van der Waals surface area contributed by atoms with Crippen molar-refractivity contribution in [3.63, 3.8) is 0 Å². The summed E-state index contributed by atoms with van der Waals surface area (Å²) in [6, 6.07) is 0. The van der Waals surface area contributed by atoms with Crippen molar-refractivity contribution < 1.29 is 74.7 Å². The molecule has 0 saturated carbocycles. The summed E-state index contributed by atoms with van der Waals surface area (Å²) in [5.74, 6) is 0. The van der Waals surface area contributed by atoms with E-state index in [-0.39, 0.29) is 0 Å². The second-order valence-electron chi connectivity index (χ2n) is 8.36. The Morgan fingerprint density at radius 2 is 1.15 bits per heavy atom. The lowest BCUT2D eigenvalue weighted by Gasteiger charge is -2.45. The van der Waals surface area contributed by atoms with Crippen LogP contribution in [-0.4, -0.2) is 156 Å². The molecular formula is C18H32O15. The van der Waals surface area contributed by atoms with Gasteiger partial charge >= 0.3 is 0 Å². The summed E-state index contributed by atoms with van der Waals surface area (Å²) in [5, 5.41) is 99.2. The SMILES string of the molecule is C[C@@H]1O[C@@H](O)[C@H](O)[C@H](O)[C@H]1O[C@@H]1O[C@H](COC2O[C@H](CO)[C@@H](O)[C@H](O)[C@H]2O)[C@@H](O)[C@H](O)[C@H]1O. The fourth-order valence-electron chi connectivity index (χ4n) is 3.93. The summed E-state index contributed by atoms with van der Waals surface area (Å²) >= 11 is 0. The molecule has 3 heterocycles. The van der Waals surface area contributed by atoms with Gasteiger partial charge < -0.3 is 74.7 Å². The van der Waals surface area contributed by atoms with Gasteiger partial charge in [0.1, 0.15) is 67.1 Å². The molecule has 3 aliphatic heterocycles. The minimum Gasteiger partial charge on any atom is -0.394 e. The van der Waals surface area contributed by atoms with E-state index in [0.717, 1.165) is 0 Å². The topological polar surface area (TPSA) is 248 Å². The van der Waals surface area contributed by atoms with Crippen LogP contribution in [0.3, 0.4) is 0 Å². The van der Waals surface area contributed by atoms with Gasteiger partial charge in [-0.25, -0.2) is 0 Å². The minimum absolute atomic E-state index is 0.561. The highest BCUT2D eigenvalue weighted by Gasteiger charge is 2.50. The Hall–Kier alpha value is -0.600. The lowest BCUT2D eigenvalue weighted by Crippen LogP contribution is -2.64. The average molecular weight is 488 g/mol. The molecule has 0 radical (unpaired) electrons. The van der Waals surface area contributed by atoms with E-state index in [4.69, 9.17) is 23.7 Å². The maximum absolute atomic E-state index is 10.2. The van der Waals surface area contributed by atoms with Crippen molar-refractivity contribution in [2.24, 2.45) is 0 Å². The van der Waals surface area contributed by atoms with E-state index in [2.05, 4.69) is 0 Å². The zero-order valence-electron chi connectivity index (χ0n) is 17.6. The summed E-state index contributed by atoms with van der Waals surface area (Å²) in [6.45, 7) is 0.177. The number of aliphatic hydroxyl groups excluding tert-OH is 10. The largest absolute Gasteiger partial charge is 0.394 e. The molecule has 3 saturated heterocycles. The molecule has 3 fully saturated rings. The van der Waals surface area contributed by atoms with Crippen molar-refractivity contribution in [1.82, 2.24) is 0 Å². The van der Waals surface area contributed by atoms with Crippen LogP contribution in [0.2, 0.25) is 0 Å². The molecule has 15 heteroatoms. The predicted octanol–water partition coefficient (Wildman–Crippen LogP) is -6.55. The van der Waals surface area contributed by atoms with Gasteiger partial charge in [0, 0.05) is 0 Å². The highest BCUT2D eigenvalue weighted by molar-refractivity contribution is 4.94. The Bertz CT molecular complexity index is 624. The molecular weight excluding hydrogens is 456 g/mol. The van der Waals surface area contributed by atoms with Crippen LogP contribution in [0.25, 0.3) is 0 Å². The fraction of sp³-hybridized carbons (Fsp3) is 1.00. The van der Waals surface area contributed by atoms with E-state index in [9.17, 15) is 51.1 Å². The summed E-state index contributed by atoms with van der Waals surface area (Å²) < 4.78 is 26.5. The Morgan fingerprint density at radius 3 is 1.76 bits per heavy atom. The number of aliphatic hydroxyl groups is 10. The Labute approximate surface area is 187 Å². The molecule has 0 amide bonds. The van der Waals surface area contributed by atoms with Crippen molar-refractivity contribution in [3.8, 4) is 0 Å². The van der Waals surface area contributed by atoms with E-state index in [1.54, 1.807) is 0 Å². The lowest BCUT2D eigenvalue weighted by molar-refractivity contribution is -0.359. The van der Waals surface area contributed by atoms with E-state index in [1.165, 1.54) is 6.92 Å². The average Bonchev–Trinajstić information content (AvgIpc) is 2.79. The van der Waals surface area contributed by atoms with Crippen molar-refractivity contribution in [2.75, 3.05) is 13.2 Å². The number of hydrogen-bond acceptors (Lipinski definition) is 15.